The highest BCUT2D eigenvalue weighted by Gasteiger charge is 2.07. The van der Waals surface area contributed by atoms with Gasteiger partial charge in [0, 0.05) is 6.54 Å². The van der Waals surface area contributed by atoms with Gasteiger partial charge in [0.1, 0.15) is 11.6 Å². The topological polar surface area (TPSA) is 27.1 Å². The first kappa shape index (κ1) is 17.3. The van der Waals surface area contributed by atoms with Crippen LogP contribution in [-0.4, -0.2) is 16.7 Å². The van der Waals surface area contributed by atoms with Crippen molar-refractivity contribution in [2.75, 3.05) is 7.11 Å². The molecule has 1 aromatic heterocycles. The minimum atomic E-state index is 0.875. The molecule has 0 fully saturated rings. The third-order valence-electron chi connectivity index (χ3n) is 4.46. The molecule has 0 aliphatic rings. The normalized spacial score (nSPS) is 11.4. The Bertz CT molecular complexity index is 831. The molecule has 0 aliphatic carbocycles. The first-order valence-electron chi connectivity index (χ1n) is 9.09. The molecule has 3 heteroatoms. The lowest BCUT2D eigenvalue weighted by Gasteiger charge is -2.07. The van der Waals surface area contributed by atoms with E-state index >= 15 is 0 Å². The molecule has 0 radical (unpaired) electrons. The van der Waals surface area contributed by atoms with Crippen LogP contribution < -0.4 is 4.74 Å². The Kier molecular flexibility index (Phi) is 5.89. The fourth-order valence-corrected chi connectivity index (χ4v) is 3.04. The third-order valence-corrected chi connectivity index (χ3v) is 4.46. The molecule has 130 valence electrons. The maximum absolute atomic E-state index is 5.21. The van der Waals surface area contributed by atoms with E-state index in [4.69, 9.17) is 9.72 Å². The molecule has 3 rings (SSSR count). The van der Waals surface area contributed by atoms with Crippen molar-refractivity contribution in [2.24, 2.45) is 0 Å². The van der Waals surface area contributed by atoms with Crippen LogP contribution in [0.5, 0.6) is 5.75 Å². The van der Waals surface area contributed by atoms with Crippen molar-refractivity contribution in [2.45, 2.75) is 39.2 Å². The van der Waals surface area contributed by atoms with E-state index in [1.54, 1.807) is 7.11 Å². The first-order chi connectivity index (χ1) is 12.3. The monoisotopic (exact) mass is 334 g/mol. The average molecular weight is 334 g/mol. The van der Waals surface area contributed by atoms with Crippen molar-refractivity contribution in [3.63, 3.8) is 0 Å². The second-order valence-electron chi connectivity index (χ2n) is 6.28. The summed E-state index contributed by atoms with van der Waals surface area (Å²) in [4.78, 5) is 4.81. The van der Waals surface area contributed by atoms with Gasteiger partial charge < -0.3 is 9.30 Å². The Morgan fingerprint density at radius 3 is 2.52 bits per heavy atom. The predicted octanol–water partition coefficient (Wildman–Crippen LogP) is 5.80. The van der Waals surface area contributed by atoms with Crippen LogP contribution in [0.1, 0.15) is 44.0 Å². The van der Waals surface area contributed by atoms with Crippen molar-refractivity contribution in [3.05, 3.63) is 59.9 Å². The summed E-state index contributed by atoms with van der Waals surface area (Å²) in [5.41, 5.74) is 3.42. The molecule has 0 saturated heterocycles. The summed E-state index contributed by atoms with van der Waals surface area (Å²) >= 11 is 0. The number of hydrogen-bond acceptors (Lipinski definition) is 2. The first-order valence-corrected chi connectivity index (χ1v) is 9.09. The predicted molar refractivity (Wildman–Crippen MR) is 106 cm³/mol. The quantitative estimate of drug-likeness (QED) is 0.487. The molecular formula is C22H26N2O. The van der Waals surface area contributed by atoms with Gasteiger partial charge in [0.25, 0.3) is 0 Å². The fraction of sp³-hybridized carbons (Fsp3) is 0.318. The molecule has 1 heterocycles. The van der Waals surface area contributed by atoms with Gasteiger partial charge in [-0.2, -0.15) is 0 Å². The van der Waals surface area contributed by atoms with Crippen LogP contribution in [-0.2, 0) is 6.54 Å². The van der Waals surface area contributed by atoms with Crippen LogP contribution >= 0.6 is 0 Å². The Balaban J connectivity index is 1.84. The largest absolute Gasteiger partial charge is 0.497 e. The lowest BCUT2D eigenvalue weighted by molar-refractivity contribution is 0.415. The molecule has 3 nitrogen and oxygen atoms in total. The SMILES string of the molecule is CCCCCCn1c(/C=C/c2ccc(OC)cc2)nc2ccccc21. The van der Waals surface area contributed by atoms with Crippen LogP contribution in [0, 0.1) is 0 Å². The summed E-state index contributed by atoms with van der Waals surface area (Å²) in [5.74, 6) is 1.90. The summed E-state index contributed by atoms with van der Waals surface area (Å²) in [6.07, 6.45) is 9.24. The Labute approximate surface area is 150 Å². The van der Waals surface area contributed by atoms with Gasteiger partial charge in [0.2, 0.25) is 0 Å². The zero-order chi connectivity index (χ0) is 17.5. The lowest BCUT2D eigenvalue weighted by Crippen LogP contribution is -2.00. The van der Waals surface area contributed by atoms with E-state index in [0.29, 0.717) is 0 Å². The highest BCUT2D eigenvalue weighted by atomic mass is 16.5. The van der Waals surface area contributed by atoms with E-state index in [-0.39, 0.29) is 0 Å². The Morgan fingerprint density at radius 2 is 1.76 bits per heavy atom. The van der Waals surface area contributed by atoms with E-state index in [2.05, 4.69) is 54.0 Å². The molecule has 3 aromatic rings. The highest BCUT2D eigenvalue weighted by Crippen LogP contribution is 2.20. The van der Waals surface area contributed by atoms with Gasteiger partial charge in [-0.1, -0.05) is 56.5 Å². The number of ether oxygens (including phenoxy) is 1. The number of methoxy groups -OCH3 is 1. The highest BCUT2D eigenvalue weighted by molar-refractivity contribution is 5.79. The number of aromatic nitrogens is 2. The number of imidazole rings is 1. The van der Waals surface area contributed by atoms with E-state index < -0.39 is 0 Å². The summed E-state index contributed by atoms with van der Waals surface area (Å²) in [5, 5.41) is 0. The molecular weight excluding hydrogens is 308 g/mol. The van der Waals surface area contributed by atoms with E-state index in [1.165, 1.54) is 31.2 Å². The average Bonchev–Trinajstić information content (AvgIpc) is 3.01. The van der Waals surface area contributed by atoms with Gasteiger partial charge in [0.05, 0.1) is 18.1 Å². The van der Waals surface area contributed by atoms with Crippen molar-refractivity contribution in [3.8, 4) is 5.75 Å². The second-order valence-corrected chi connectivity index (χ2v) is 6.28. The zero-order valence-corrected chi connectivity index (χ0v) is 15.1. The molecule has 0 spiro atoms. The van der Waals surface area contributed by atoms with Crippen LogP contribution in [0.4, 0.5) is 0 Å². The maximum Gasteiger partial charge on any atom is 0.133 e. The van der Waals surface area contributed by atoms with Crippen molar-refractivity contribution >= 4 is 23.2 Å². The van der Waals surface area contributed by atoms with Crippen LogP contribution in [0.25, 0.3) is 23.2 Å². The summed E-state index contributed by atoms with van der Waals surface area (Å²) in [6.45, 7) is 3.26. The van der Waals surface area contributed by atoms with Crippen LogP contribution in [0.15, 0.2) is 48.5 Å². The number of rotatable bonds is 8. The van der Waals surface area contributed by atoms with Crippen molar-refractivity contribution in [1.29, 1.82) is 0 Å². The van der Waals surface area contributed by atoms with Gasteiger partial charge in [-0.3, -0.25) is 0 Å². The van der Waals surface area contributed by atoms with Crippen LogP contribution in [0.3, 0.4) is 0 Å². The van der Waals surface area contributed by atoms with Crippen molar-refractivity contribution in [1.82, 2.24) is 9.55 Å². The van der Waals surface area contributed by atoms with Gasteiger partial charge >= 0.3 is 0 Å². The number of hydrogen-bond donors (Lipinski definition) is 0. The molecule has 2 aromatic carbocycles. The number of unbranched alkanes of at least 4 members (excludes halogenated alkanes) is 3. The van der Waals surface area contributed by atoms with Crippen LogP contribution in [0.2, 0.25) is 0 Å². The minimum absolute atomic E-state index is 0.875. The number of aryl methyl sites for hydroxylation is 1. The zero-order valence-electron chi connectivity index (χ0n) is 15.1. The van der Waals surface area contributed by atoms with Gasteiger partial charge in [-0.25, -0.2) is 4.98 Å². The number of benzene rings is 2. The number of fused-ring (bicyclic) bond motifs is 1. The number of nitrogens with zero attached hydrogens (tertiary/aromatic N) is 2. The summed E-state index contributed by atoms with van der Waals surface area (Å²) < 4.78 is 7.55. The maximum atomic E-state index is 5.21. The Morgan fingerprint density at radius 1 is 0.960 bits per heavy atom. The second kappa shape index (κ2) is 8.52. The standard InChI is InChI=1S/C22H26N2O/c1-3-4-5-8-17-24-21-10-7-6-9-20(21)23-22(24)16-13-18-11-14-19(25-2)15-12-18/h6-7,9-16H,3-5,8,17H2,1-2H3/b16-13+. The Hall–Kier alpha value is -2.55. The number of para-hydroxylation sites is 2. The molecule has 0 N–H and O–H groups in total. The lowest BCUT2D eigenvalue weighted by atomic mass is 10.2. The smallest absolute Gasteiger partial charge is 0.133 e. The molecule has 0 amide bonds. The minimum Gasteiger partial charge on any atom is -0.497 e. The third kappa shape index (κ3) is 4.30. The molecule has 0 atom stereocenters. The molecule has 25 heavy (non-hydrogen) atoms. The van der Waals surface area contributed by atoms with Gasteiger partial charge in [-0.05, 0) is 42.3 Å². The summed E-state index contributed by atoms with van der Waals surface area (Å²) in [6, 6.07) is 16.5. The molecule has 0 bridgehead atoms. The molecule has 0 unspecified atom stereocenters. The molecule has 0 aliphatic heterocycles. The van der Waals surface area contributed by atoms with E-state index in [0.717, 1.165) is 29.2 Å². The van der Waals surface area contributed by atoms with Gasteiger partial charge in [0.15, 0.2) is 0 Å². The van der Waals surface area contributed by atoms with Gasteiger partial charge in [-0.15, -0.1) is 0 Å². The van der Waals surface area contributed by atoms with Crippen molar-refractivity contribution < 1.29 is 4.74 Å². The molecule has 0 saturated carbocycles. The van der Waals surface area contributed by atoms with E-state index in [1.807, 2.05) is 18.2 Å². The fourth-order valence-electron chi connectivity index (χ4n) is 3.04. The van der Waals surface area contributed by atoms with E-state index in [9.17, 15) is 0 Å². The summed E-state index contributed by atoms with van der Waals surface area (Å²) in [7, 11) is 1.69.